The third-order valence-electron chi connectivity index (χ3n) is 4.44. The van der Waals surface area contributed by atoms with Crippen LogP contribution in [0.3, 0.4) is 0 Å². The van der Waals surface area contributed by atoms with Crippen molar-refractivity contribution in [3.63, 3.8) is 0 Å². The van der Waals surface area contributed by atoms with Gasteiger partial charge in [0.15, 0.2) is 5.65 Å². The predicted molar refractivity (Wildman–Crippen MR) is 84.8 cm³/mol. The maximum Gasteiger partial charge on any atom is 0.264 e. The predicted octanol–water partition coefficient (Wildman–Crippen LogP) is 2.04. The molecule has 1 N–H and O–H groups in total. The highest BCUT2D eigenvalue weighted by atomic mass is 16.3. The standard InChI is InChI=1S/C16H24N4O2/c1-15(2,3)20-13-12(9-18-20)14(21)19(11-17-13)10-16(22)7-5-4-6-8-16/h9,11,22H,4-8,10H2,1-3H3. The van der Waals surface area contributed by atoms with Crippen LogP contribution >= 0.6 is 0 Å². The van der Waals surface area contributed by atoms with Gasteiger partial charge in [0.05, 0.1) is 23.9 Å². The van der Waals surface area contributed by atoms with Crippen molar-refractivity contribution in [2.75, 3.05) is 0 Å². The van der Waals surface area contributed by atoms with Crippen LogP contribution in [0.4, 0.5) is 0 Å². The van der Waals surface area contributed by atoms with Crippen LogP contribution in [0.25, 0.3) is 11.0 Å². The van der Waals surface area contributed by atoms with Crippen LogP contribution in [0.15, 0.2) is 17.3 Å². The Hall–Kier alpha value is -1.69. The van der Waals surface area contributed by atoms with Gasteiger partial charge in [-0.1, -0.05) is 19.3 Å². The van der Waals surface area contributed by atoms with Crippen molar-refractivity contribution in [2.24, 2.45) is 0 Å². The Morgan fingerprint density at radius 3 is 2.59 bits per heavy atom. The summed E-state index contributed by atoms with van der Waals surface area (Å²) in [5.74, 6) is 0. The fraction of sp³-hybridized carbons (Fsp3) is 0.688. The molecule has 0 unspecified atom stereocenters. The minimum atomic E-state index is -0.780. The SMILES string of the molecule is CC(C)(C)n1ncc2c(=O)n(CC3(O)CCCCC3)cnc21. The Bertz CT molecular complexity index is 733. The molecule has 1 aliphatic carbocycles. The maximum absolute atomic E-state index is 12.6. The molecule has 0 radical (unpaired) electrons. The molecule has 0 amide bonds. The van der Waals surface area contributed by atoms with Gasteiger partial charge in [-0.15, -0.1) is 0 Å². The molecular weight excluding hydrogens is 280 g/mol. The second-order valence-electron chi connectivity index (χ2n) is 7.43. The molecule has 2 aromatic heterocycles. The normalized spacial score (nSPS) is 18.7. The smallest absolute Gasteiger partial charge is 0.264 e. The van der Waals surface area contributed by atoms with E-state index in [2.05, 4.69) is 10.1 Å². The Kier molecular flexibility index (Phi) is 3.59. The van der Waals surface area contributed by atoms with Gasteiger partial charge in [-0.3, -0.25) is 9.36 Å². The van der Waals surface area contributed by atoms with Crippen LogP contribution in [0, 0.1) is 0 Å². The van der Waals surface area contributed by atoms with Crippen LogP contribution in [0.5, 0.6) is 0 Å². The van der Waals surface area contributed by atoms with Gasteiger partial charge in [-0.25, -0.2) is 9.67 Å². The Balaban J connectivity index is 1.99. The molecule has 0 bridgehead atoms. The number of rotatable bonds is 2. The van der Waals surface area contributed by atoms with Crippen LogP contribution in [0.2, 0.25) is 0 Å². The van der Waals surface area contributed by atoms with Gasteiger partial charge in [0.1, 0.15) is 11.7 Å². The molecule has 1 aliphatic rings. The molecule has 6 nitrogen and oxygen atoms in total. The van der Waals surface area contributed by atoms with Gasteiger partial charge >= 0.3 is 0 Å². The molecule has 0 spiro atoms. The Morgan fingerprint density at radius 1 is 1.27 bits per heavy atom. The van der Waals surface area contributed by atoms with E-state index in [-0.39, 0.29) is 11.1 Å². The lowest BCUT2D eigenvalue weighted by atomic mass is 9.85. The zero-order chi connectivity index (χ0) is 16.0. The fourth-order valence-electron chi connectivity index (χ4n) is 3.24. The number of aromatic nitrogens is 4. The van der Waals surface area contributed by atoms with E-state index in [1.165, 1.54) is 4.57 Å². The monoisotopic (exact) mass is 304 g/mol. The third kappa shape index (κ3) is 2.67. The summed E-state index contributed by atoms with van der Waals surface area (Å²) >= 11 is 0. The first-order chi connectivity index (χ1) is 10.3. The van der Waals surface area contributed by atoms with Crippen molar-refractivity contribution < 1.29 is 5.11 Å². The van der Waals surface area contributed by atoms with Crippen molar-refractivity contribution in [1.82, 2.24) is 19.3 Å². The van der Waals surface area contributed by atoms with E-state index in [9.17, 15) is 9.90 Å². The minimum absolute atomic E-state index is 0.125. The van der Waals surface area contributed by atoms with E-state index in [1.807, 2.05) is 20.8 Å². The second-order valence-corrected chi connectivity index (χ2v) is 7.43. The fourth-order valence-corrected chi connectivity index (χ4v) is 3.24. The van der Waals surface area contributed by atoms with Gasteiger partial charge in [-0.2, -0.15) is 5.10 Å². The first-order valence-electron chi connectivity index (χ1n) is 7.96. The molecule has 2 aromatic rings. The largest absolute Gasteiger partial charge is 0.388 e. The van der Waals surface area contributed by atoms with Gasteiger partial charge in [0, 0.05) is 0 Å². The molecular formula is C16H24N4O2. The number of aliphatic hydroxyl groups is 1. The van der Waals surface area contributed by atoms with E-state index in [1.54, 1.807) is 17.2 Å². The lowest BCUT2D eigenvalue weighted by molar-refractivity contribution is -0.0123. The molecule has 6 heteroatoms. The van der Waals surface area contributed by atoms with E-state index in [0.29, 0.717) is 17.6 Å². The first kappa shape index (κ1) is 15.2. The highest BCUT2D eigenvalue weighted by Crippen LogP contribution is 2.29. The molecule has 22 heavy (non-hydrogen) atoms. The van der Waals surface area contributed by atoms with Crippen molar-refractivity contribution in [2.45, 2.75) is 70.6 Å². The molecule has 3 rings (SSSR count). The van der Waals surface area contributed by atoms with E-state index < -0.39 is 5.60 Å². The van der Waals surface area contributed by atoms with Crippen molar-refractivity contribution in [3.8, 4) is 0 Å². The second kappa shape index (κ2) is 5.19. The lowest BCUT2D eigenvalue weighted by Gasteiger charge is -2.32. The number of hydrogen-bond acceptors (Lipinski definition) is 4. The van der Waals surface area contributed by atoms with Crippen LogP contribution in [-0.2, 0) is 12.1 Å². The quantitative estimate of drug-likeness (QED) is 0.921. The van der Waals surface area contributed by atoms with E-state index >= 15 is 0 Å². The zero-order valence-electron chi connectivity index (χ0n) is 13.5. The van der Waals surface area contributed by atoms with Crippen molar-refractivity contribution in [1.29, 1.82) is 0 Å². The summed E-state index contributed by atoms with van der Waals surface area (Å²) in [4.78, 5) is 17.1. The van der Waals surface area contributed by atoms with Gasteiger partial charge in [0.2, 0.25) is 0 Å². The number of fused-ring (bicyclic) bond motifs is 1. The summed E-state index contributed by atoms with van der Waals surface area (Å²) in [5, 5.41) is 15.5. The van der Waals surface area contributed by atoms with Crippen LogP contribution in [0.1, 0.15) is 52.9 Å². The summed E-state index contributed by atoms with van der Waals surface area (Å²) < 4.78 is 3.30. The van der Waals surface area contributed by atoms with Gasteiger partial charge in [-0.05, 0) is 33.6 Å². The topological polar surface area (TPSA) is 72.9 Å². The van der Waals surface area contributed by atoms with Crippen LogP contribution < -0.4 is 5.56 Å². The van der Waals surface area contributed by atoms with E-state index in [0.717, 1.165) is 32.1 Å². The number of hydrogen-bond donors (Lipinski definition) is 1. The minimum Gasteiger partial charge on any atom is -0.388 e. The highest BCUT2D eigenvalue weighted by molar-refractivity contribution is 5.73. The summed E-state index contributed by atoms with van der Waals surface area (Å²) in [7, 11) is 0. The summed E-state index contributed by atoms with van der Waals surface area (Å²) in [6, 6.07) is 0. The first-order valence-corrected chi connectivity index (χ1v) is 7.96. The molecule has 0 aromatic carbocycles. The molecule has 0 saturated heterocycles. The Labute approximate surface area is 129 Å². The molecule has 0 atom stereocenters. The third-order valence-corrected chi connectivity index (χ3v) is 4.44. The van der Waals surface area contributed by atoms with Crippen molar-refractivity contribution in [3.05, 3.63) is 22.9 Å². The molecule has 1 saturated carbocycles. The van der Waals surface area contributed by atoms with E-state index in [4.69, 9.17) is 0 Å². The van der Waals surface area contributed by atoms with Crippen molar-refractivity contribution >= 4 is 11.0 Å². The van der Waals surface area contributed by atoms with Gasteiger partial charge in [0.25, 0.3) is 5.56 Å². The summed E-state index contributed by atoms with van der Waals surface area (Å²) in [6.45, 7) is 6.39. The average molecular weight is 304 g/mol. The Morgan fingerprint density at radius 2 is 1.95 bits per heavy atom. The van der Waals surface area contributed by atoms with Gasteiger partial charge < -0.3 is 5.11 Å². The summed E-state index contributed by atoms with van der Waals surface area (Å²) in [6.07, 6.45) is 7.81. The maximum atomic E-state index is 12.6. The molecule has 0 aliphatic heterocycles. The molecule has 1 fully saturated rings. The van der Waals surface area contributed by atoms with Crippen LogP contribution in [-0.4, -0.2) is 30.0 Å². The average Bonchev–Trinajstić information content (AvgIpc) is 2.87. The lowest BCUT2D eigenvalue weighted by Crippen LogP contribution is -2.39. The zero-order valence-corrected chi connectivity index (χ0v) is 13.5. The highest BCUT2D eigenvalue weighted by Gasteiger charge is 2.30. The number of nitrogens with zero attached hydrogens (tertiary/aromatic N) is 4. The molecule has 120 valence electrons. The molecule has 2 heterocycles. The summed E-state index contributed by atoms with van der Waals surface area (Å²) in [5.41, 5.74) is -0.532.